The van der Waals surface area contributed by atoms with E-state index in [1.54, 1.807) is 35.2 Å². The van der Waals surface area contributed by atoms with Gasteiger partial charge < -0.3 is 9.47 Å². The summed E-state index contributed by atoms with van der Waals surface area (Å²) >= 11 is 0. The van der Waals surface area contributed by atoms with Crippen molar-refractivity contribution in [1.82, 2.24) is 18.8 Å². The van der Waals surface area contributed by atoms with Crippen molar-refractivity contribution < 1.29 is 13.2 Å². The van der Waals surface area contributed by atoms with E-state index in [-0.39, 0.29) is 17.3 Å². The smallest absolute Gasteiger partial charge is 0.243 e. The Morgan fingerprint density at radius 3 is 2.32 bits per heavy atom. The van der Waals surface area contributed by atoms with Gasteiger partial charge in [0.05, 0.1) is 15.9 Å². The van der Waals surface area contributed by atoms with Crippen LogP contribution in [0.1, 0.15) is 5.82 Å². The molecule has 1 amide bonds. The van der Waals surface area contributed by atoms with E-state index in [1.807, 2.05) is 35.8 Å². The summed E-state index contributed by atoms with van der Waals surface area (Å²) in [6.45, 7) is 3.46. The molecule has 0 aliphatic carbocycles. The number of sulfonamides is 1. The molecule has 2 aromatic carbocycles. The first-order valence-electron chi connectivity index (χ1n) is 9.21. The summed E-state index contributed by atoms with van der Waals surface area (Å²) in [4.78, 5) is 19.3. The van der Waals surface area contributed by atoms with Gasteiger partial charge in [0.25, 0.3) is 0 Å². The summed E-state index contributed by atoms with van der Waals surface area (Å²) in [6, 6.07) is 16.1. The Hall–Kier alpha value is -2.71. The largest absolute Gasteiger partial charge is 0.339 e. The van der Waals surface area contributed by atoms with Gasteiger partial charge in [0.2, 0.25) is 15.9 Å². The van der Waals surface area contributed by atoms with Crippen LogP contribution >= 0.6 is 0 Å². The fourth-order valence-corrected chi connectivity index (χ4v) is 4.99. The number of fused-ring (bicyclic) bond motifs is 1. The summed E-state index contributed by atoms with van der Waals surface area (Å²) in [5, 5.41) is 0. The zero-order valence-corrected chi connectivity index (χ0v) is 16.5. The number of aryl methyl sites for hydroxylation is 1. The molecule has 8 heteroatoms. The van der Waals surface area contributed by atoms with Gasteiger partial charge in [0.1, 0.15) is 12.4 Å². The maximum Gasteiger partial charge on any atom is 0.243 e. The molecule has 0 unspecified atom stereocenters. The molecule has 7 nitrogen and oxygen atoms in total. The van der Waals surface area contributed by atoms with Crippen LogP contribution in [0, 0.1) is 6.92 Å². The quantitative estimate of drug-likeness (QED) is 0.672. The van der Waals surface area contributed by atoms with E-state index >= 15 is 0 Å². The van der Waals surface area contributed by atoms with E-state index in [0.717, 1.165) is 16.9 Å². The van der Waals surface area contributed by atoms with Gasteiger partial charge in [-0.05, 0) is 31.2 Å². The molecule has 0 radical (unpaired) electrons. The molecule has 0 spiro atoms. The molecule has 4 rings (SSSR count). The Balaban J connectivity index is 1.44. The average Bonchev–Trinajstić information content (AvgIpc) is 3.04. The van der Waals surface area contributed by atoms with Crippen LogP contribution in [0.25, 0.3) is 11.0 Å². The van der Waals surface area contributed by atoms with E-state index in [9.17, 15) is 13.2 Å². The second-order valence-electron chi connectivity index (χ2n) is 6.83. The lowest BCUT2D eigenvalue weighted by atomic mass is 10.3. The van der Waals surface area contributed by atoms with Crippen molar-refractivity contribution in [3.63, 3.8) is 0 Å². The monoisotopic (exact) mass is 398 g/mol. The third-order valence-electron chi connectivity index (χ3n) is 5.11. The van der Waals surface area contributed by atoms with Crippen molar-refractivity contribution in [2.45, 2.75) is 18.4 Å². The van der Waals surface area contributed by atoms with Crippen LogP contribution in [-0.4, -0.2) is 59.3 Å². The molecule has 0 atom stereocenters. The average molecular weight is 398 g/mol. The molecule has 0 bridgehead atoms. The highest BCUT2D eigenvalue weighted by molar-refractivity contribution is 7.89. The Kier molecular flexibility index (Phi) is 4.91. The van der Waals surface area contributed by atoms with Crippen molar-refractivity contribution in [2.24, 2.45) is 0 Å². The number of para-hydroxylation sites is 2. The summed E-state index contributed by atoms with van der Waals surface area (Å²) in [7, 11) is -3.52. The van der Waals surface area contributed by atoms with Crippen molar-refractivity contribution in [1.29, 1.82) is 0 Å². The number of rotatable bonds is 4. The summed E-state index contributed by atoms with van der Waals surface area (Å²) in [5.41, 5.74) is 1.80. The third-order valence-corrected chi connectivity index (χ3v) is 7.02. The van der Waals surface area contributed by atoms with E-state index in [2.05, 4.69) is 4.98 Å². The minimum absolute atomic E-state index is 0.0250. The van der Waals surface area contributed by atoms with Crippen molar-refractivity contribution in [3.8, 4) is 0 Å². The van der Waals surface area contributed by atoms with Gasteiger partial charge in [-0.2, -0.15) is 4.31 Å². The van der Waals surface area contributed by atoms with Gasteiger partial charge in [-0.3, -0.25) is 4.79 Å². The number of benzene rings is 2. The number of imidazole rings is 1. The standard InChI is InChI=1S/C20H22N4O3S/c1-16-21-18-9-5-6-10-19(18)24(16)15-20(25)22-11-13-23(14-12-22)28(26,27)17-7-3-2-4-8-17/h2-10H,11-15H2,1H3. The van der Waals surface area contributed by atoms with E-state index < -0.39 is 10.0 Å². The summed E-state index contributed by atoms with van der Waals surface area (Å²) in [5.74, 6) is 0.767. The Labute approximate surface area is 164 Å². The Morgan fingerprint density at radius 2 is 1.61 bits per heavy atom. The molecule has 146 valence electrons. The van der Waals surface area contributed by atoms with E-state index in [0.29, 0.717) is 26.2 Å². The maximum atomic E-state index is 12.8. The first-order valence-corrected chi connectivity index (χ1v) is 10.7. The molecule has 2 heterocycles. The van der Waals surface area contributed by atoms with Crippen LogP contribution in [0.2, 0.25) is 0 Å². The van der Waals surface area contributed by atoms with Gasteiger partial charge in [0.15, 0.2) is 0 Å². The van der Waals surface area contributed by atoms with E-state index in [4.69, 9.17) is 0 Å². The van der Waals surface area contributed by atoms with Crippen molar-refractivity contribution in [2.75, 3.05) is 26.2 Å². The minimum atomic E-state index is -3.52. The van der Waals surface area contributed by atoms with Gasteiger partial charge in [-0.15, -0.1) is 0 Å². The normalized spacial score (nSPS) is 15.8. The SMILES string of the molecule is Cc1nc2ccccc2n1CC(=O)N1CCN(S(=O)(=O)c2ccccc2)CC1. The van der Waals surface area contributed by atoms with Crippen LogP contribution in [0.3, 0.4) is 0 Å². The highest BCUT2D eigenvalue weighted by Crippen LogP contribution is 2.19. The molecule has 1 fully saturated rings. The predicted octanol–water partition coefficient (Wildman–Crippen LogP) is 1.88. The molecule has 1 aliphatic rings. The van der Waals surface area contributed by atoms with Crippen LogP contribution in [-0.2, 0) is 21.4 Å². The maximum absolute atomic E-state index is 12.8. The molecular weight excluding hydrogens is 376 g/mol. The number of amides is 1. The van der Waals surface area contributed by atoms with Crippen LogP contribution in [0.15, 0.2) is 59.5 Å². The zero-order chi connectivity index (χ0) is 19.7. The van der Waals surface area contributed by atoms with Gasteiger partial charge in [-0.1, -0.05) is 30.3 Å². The van der Waals surface area contributed by atoms with Gasteiger partial charge >= 0.3 is 0 Å². The Morgan fingerprint density at radius 1 is 0.964 bits per heavy atom. The molecule has 3 aromatic rings. The fourth-order valence-electron chi connectivity index (χ4n) is 3.55. The number of hydrogen-bond donors (Lipinski definition) is 0. The van der Waals surface area contributed by atoms with E-state index in [1.165, 1.54) is 4.31 Å². The highest BCUT2D eigenvalue weighted by atomic mass is 32.2. The lowest BCUT2D eigenvalue weighted by Crippen LogP contribution is -2.51. The molecule has 0 N–H and O–H groups in total. The molecule has 1 saturated heterocycles. The lowest BCUT2D eigenvalue weighted by Gasteiger charge is -2.34. The third kappa shape index (κ3) is 3.41. The van der Waals surface area contributed by atoms with Crippen molar-refractivity contribution >= 4 is 27.0 Å². The molecule has 1 aliphatic heterocycles. The number of carbonyl (C=O) groups excluding carboxylic acids is 1. The zero-order valence-electron chi connectivity index (χ0n) is 15.7. The predicted molar refractivity (Wildman–Crippen MR) is 106 cm³/mol. The second-order valence-corrected chi connectivity index (χ2v) is 8.77. The minimum Gasteiger partial charge on any atom is -0.339 e. The molecule has 1 aromatic heterocycles. The van der Waals surface area contributed by atoms with Crippen LogP contribution in [0.5, 0.6) is 0 Å². The van der Waals surface area contributed by atoms with Gasteiger partial charge in [0, 0.05) is 26.2 Å². The number of hydrogen-bond acceptors (Lipinski definition) is 4. The topological polar surface area (TPSA) is 75.5 Å². The second kappa shape index (κ2) is 7.37. The number of aromatic nitrogens is 2. The first kappa shape index (κ1) is 18.6. The highest BCUT2D eigenvalue weighted by Gasteiger charge is 2.30. The molecule has 28 heavy (non-hydrogen) atoms. The number of piperazine rings is 1. The molecule has 0 saturated carbocycles. The fraction of sp³-hybridized carbons (Fsp3) is 0.300. The lowest BCUT2D eigenvalue weighted by molar-refractivity contribution is -0.133. The first-order chi connectivity index (χ1) is 13.5. The number of carbonyl (C=O) groups is 1. The van der Waals surface area contributed by atoms with Crippen LogP contribution in [0.4, 0.5) is 0 Å². The van der Waals surface area contributed by atoms with Crippen molar-refractivity contribution in [3.05, 3.63) is 60.4 Å². The Bertz CT molecular complexity index is 1100. The number of nitrogens with zero attached hydrogens (tertiary/aromatic N) is 4. The van der Waals surface area contributed by atoms with Crippen LogP contribution < -0.4 is 0 Å². The molecular formula is C20H22N4O3S. The van der Waals surface area contributed by atoms with Gasteiger partial charge in [-0.25, -0.2) is 13.4 Å². The summed E-state index contributed by atoms with van der Waals surface area (Å²) in [6.07, 6.45) is 0. The summed E-state index contributed by atoms with van der Waals surface area (Å²) < 4.78 is 28.8.